The number of carbonyl (C=O) groups excluding carboxylic acids is 1. The van der Waals surface area contributed by atoms with E-state index in [2.05, 4.69) is 14.9 Å². The number of hydrogen-bond donors (Lipinski definition) is 0. The Morgan fingerprint density at radius 3 is 2.62 bits per heavy atom. The van der Waals surface area contributed by atoms with E-state index in [4.69, 9.17) is 14.2 Å². The van der Waals surface area contributed by atoms with Gasteiger partial charge in [-0.1, -0.05) is 6.07 Å². The molecule has 1 saturated heterocycles. The van der Waals surface area contributed by atoms with Gasteiger partial charge in [-0.2, -0.15) is 0 Å². The van der Waals surface area contributed by atoms with Gasteiger partial charge in [0.25, 0.3) is 0 Å². The molecule has 0 spiro atoms. The number of rotatable bonds is 9. The lowest BCUT2D eigenvalue weighted by molar-refractivity contribution is -0.132. The predicted molar refractivity (Wildman–Crippen MR) is 130 cm³/mol. The third-order valence-electron chi connectivity index (χ3n) is 5.74. The second-order valence-electron chi connectivity index (χ2n) is 8.27. The van der Waals surface area contributed by atoms with E-state index in [1.54, 1.807) is 38.0 Å². The zero-order valence-corrected chi connectivity index (χ0v) is 20.6. The van der Waals surface area contributed by atoms with E-state index < -0.39 is 0 Å². The number of nitrogens with zero attached hydrogens (tertiary/aromatic N) is 4. The lowest BCUT2D eigenvalue weighted by Gasteiger charge is -2.25. The SMILES string of the molecule is COc1ccc(CN2CC(=O)N(Cc3csc(C)n3)CC(OCc3ccncc3)C2)c(OC)c1. The highest BCUT2D eigenvalue weighted by Crippen LogP contribution is 2.26. The van der Waals surface area contributed by atoms with Gasteiger partial charge in [-0.05, 0) is 30.7 Å². The van der Waals surface area contributed by atoms with Crippen molar-refractivity contribution < 1.29 is 19.0 Å². The number of pyridine rings is 1. The quantitative estimate of drug-likeness (QED) is 0.463. The minimum absolute atomic E-state index is 0.0631. The second-order valence-corrected chi connectivity index (χ2v) is 9.33. The number of hydrogen-bond acceptors (Lipinski definition) is 8. The van der Waals surface area contributed by atoms with Crippen LogP contribution in [0.3, 0.4) is 0 Å². The molecule has 3 heterocycles. The molecule has 0 radical (unpaired) electrons. The van der Waals surface area contributed by atoms with Gasteiger partial charge in [0, 0.05) is 49.0 Å². The topological polar surface area (TPSA) is 77.0 Å². The van der Waals surface area contributed by atoms with Crippen LogP contribution >= 0.6 is 11.3 Å². The minimum Gasteiger partial charge on any atom is -0.497 e. The van der Waals surface area contributed by atoms with Gasteiger partial charge in [0.1, 0.15) is 11.5 Å². The molecule has 180 valence electrons. The molecule has 2 aromatic heterocycles. The lowest BCUT2D eigenvalue weighted by Crippen LogP contribution is -2.37. The second kappa shape index (κ2) is 11.4. The van der Waals surface area contributed by atoms with Crippen LogP contribution in [0.5, 0.6) is 11.5 Å². The van der Waals surface area contributed by atoms with E-state index in [9.17, 15) is 4.79 Å². The Balaban J connectivity index is 1.52. The zero-order chi connectivity index (χ0) is 23.9. The summed E-state index contributed by atoms with van der Waals surface area (Å²) in [5.41, 5.74) is 2.96. The number of methoxy groups -OCH3 is 2. The molecule has 0 aliphatic carbocycles. The van der Waals surface area contributed by atoms with Gasteiger partial charge in [0.15, 0.2) is 0 Å². The number of ether oxygens (including phenoxy) is 3. The summed E-state index contributed by atoms with van der Waals surface area (Å²) in [5.74, 6) is 1.53. The Morgan fingerprint density at radius 1 is 1.09 bits per heavy atom. The number of aryl methyl sites for hydroxylation is 1. The van der Waals surface area contributed by atoms with Crippen LogP contribution in [0.1, 0.15) is 21.8 Å². The third-order valence-corrected chi connectivity index (χ3v) is 6.56. The summed E-state index contributed by atoms with van der Waals surface area (Å²) in [6.45, 7) is 4.92. The van der Waals surface area contributed by atoms with Gasteiger partial charge in [0.05, 0.1) is 50.7 Å². The molecule has 0 N–H and O–H groups in total. The molecule has 1 aliphatic rings. The van der Waals surface area contributed by atoms with Crippen LogP contribution < -0.4 is 9.47 Å². The first kappa shape index (κ1) is 24.1. The van der Waals surface area contributed by atoms with Crippen LogP contribution in [0, 0.1) is 6.92 Å². The summed E-state index contributed by atoms with van der Waals surface area (Å²) in [6, 6.07) is 9.64. The molecule has 3 aromatic rings. The van der Waals surface area contributed by atoms with E-state index >= 15 is 0 Å². The highest BCUT2D eigenvalue weighted by atomic mass is 32.1. The molecule has 0 bridgehead atoms. The molecular weight excluding hydrogens is 452 g/mol. The molecule has 9 heteroatoms. The van der Waals surface area contributed by atoms with E-state index in [1.807, 2.05) is 47.5 Å². The number of carbonyl (C=O) groups is 1. The number of aromatic nitrogens is 2. The molecule has 1 fully saturated rings. The summed E-state index contributed by atoms with van der Waals surface area (Å²) in [4.78, 5) is 25.8. The summed E-state index contributed by atoms with van der Waals surface area (Å²) in [7, 11) is 3.27. The van der Waals surface area contributed by atoms with Crippen molar-refractivity contribution in [2.45, 2.75) is 32.7 Å². The Labute approximate surface area is 204 Å². The molecule has 1 aromatic carbocycles. The van der Waals surface area contributed by atoms with Gasteiger partial charge < -0.3 is 19.1 Å². The van der Waals surface area contributed by atoms with Gasteiger partial charge in [0.2, 0.25) is 5.91 Å². The molecule has 1 aliphatic heterocycles. The molecule has 34 heavy (non-hydrogen) atoms. The van der Waals surface area contributed by atoms with E-state index in [0.29, 0.717) is 39.3 Å². The number of thiazole rings is 1. The van der Waals surface area contributed by atoms with Gasteiger partial charge in [-0.3, -0.25) is 14.7 Å². The van der Waals surface area contributed by atoms with Crippen molar-refractivity contribution in [3.8, 4) is 11.5 Å². The van der Waals surface area contributed by atoms with Crippen molar-refractivity contribution in [1.82, 2.24) is 19.8 Å². The van der Waals surface area contributed by atoms with Crippen LogP contribution in [0.25, 0.3) is 0 Å². The normalized spacial score (nSPS) is 17.0. The number of benzene rings is 1. The fourth-order valence-electron chi connectivity index (χ4n) is 4.02. The standard InChI is InChI=1S/C25H30N4O4S/c1-18-27-21(17-34-18)12-29-14-23(33-16-19-6-8-26-9-7-19)13-28(15-25(29)30)11-20-4-5-22(31-2)10-24(20)32-3/h4-10,17,23H,11-16H2,1-3H3. The summed E-state index contributed by atoms with van der Waals surface area (Å²) < 4.78 is 17.2. The van der Waals surface area contributed by atoms with E-state index in [0.717, 1.165) is 33.3 Å². The summed E-state index contributed by atoms with van der Waals surface area (Å²) in [6.07, 6.45) is 3.37. The van der Waals surface area contributed by atoms with Crippen molar-refractivity contribution in [3.63, 3.8) is 0 Å². The van der Waals surface area contributed by atoms with Crippen LogP contribution in [-0.2, 0) is 29.2 Å². The fraction of sp³-hybridized carbons (Fsp3) is 0.400. The molecule has 1 atom stereocenters. The maximum absolute atomic E-state index is 13.2. The molecule has 8 nitrogen and oxygen atoms in total. The van der Waals surface area contributed by atoms with Gasteiger partial charge in [-0.15, -0.1) is 11.3 Å². The van der Waals surface area contributed by atoms with Crippen LogP contribution in [0.2, 0.25) is 0 Å². The maximum Gasteiger partial charge on any atom is 0.237 e. The molecular formula is C25H30N4O4S. The fourth-order valence-corrected chi connectivity index (χ4v) is 4.62. The molecule has 1 unspecified atom stereocenters. The highest BCUT2D eigenvalue weighted by Gasteiger charge is 2.29. The van der Waals surface area contributed by atoms with Crippen molar-refractivity contribution >= 4 is 17.2 Å². The van der Waals surface area contributed by atoms with Gasteiger partial charge >= 0.3 is 0 Å². The molecule has 4 rings (SSSR count). The smallest absolute Gasteiger partial charge is 0.237 e. The maximum atomic E-state index is 13.2. The molecule has 1 amide bonds. The Morgan fingerprint density at radius 2 is 1.91 bits per heavy atom. The summed E-state index contributed by atoms with van der Waals surface area (Å²) >= 11 is 1.60. The first-order chi connectivity index (χ1) is 16.5. The van der Waals surface area contributed by atoms with Gasteiger partial charge in [-0.25, -0.2) is 4.98 Å². The van der Waals surface area contributed by atoms with Crippen molar-refractivity contribution in [2.75, 3.05) is 33.9 Å². The molecule has 0 saturated carbocycles. The monoisotopic (exact) mass is 482 g/mol. The largest absolute Gasteiger partial charge is 0.497 e. The Bertz CT molecular complexity index is 1090. The first-order valence-corrected chi connectivity index (χ1v) is 12.0. The minimum atomic E-state index is -0.149. The lowest BCUT2D eigenvalue weighted by atomic mass is 10.1. The average molecular weight is 483 g/mol. The van der Waals surface area contributed by atoms with Crippen LogP contribution in [-0.4, -0.2) is 65.6 Å². The van der Waals surface area contributed by atoms with Crippen molar-refractivity contribution in [2.24, 2.45) is 0 Å². The van der Waals surface area contributed by atoms with E-state index in [1.165, 1.54) is 0 Å². The Kier molecular flexibility index (Phi) is 8.10. The predicted octanol–water partition coefficient (Wildman–Crippen LogP) is 3.29. The van der Waals surface area contributed by atoms with Crippen LogP contribution in [0.15, 0.2) is 48.1 Å². The zero-order valence-electron chi connectivity index (χ0n) is 19.8. The summed E-state index contributed by atoms with van der Waals surface area (Å²) in [5, 5.41) is 3.01. The van der Waals surface area contributed by atoms with Crippen molar-refractivity contribution in [1.29, 1.82) is 0 Å². The van der Waals surface area contributed by atoms with Crippen LogP contribution in [0.4, 0.5) is 0 Å². The van der Waals surface area contributed by atoms with E-state index in [-0.39, 0.29) is 12.0 Å². The van der Waals surface area contributed by atoms with Crippen molar-refractivity contribution in [3.05, 3.63) is 69.9 Å². The Hall–Kier alpha value is -3.01. The third kappa shape index (κ3) is 6.31. The average Bonchev–Trinajstić information content (AvgIpc) is 3.20. The highest BCUT2D eigenvalue weighted by molar-refractivity contribution is 7.09. The number of amides is 1. The first-order valence-electron chi connectivity index (χ1n) is 11.2.